The molecule has 0 amide bonds. The smallest absolute Gasteiger partial charge is 0.156 e. The Morgan fingerprint density at radius 2 is 2.00 bits per heavy atom. The van der Waals surface area contributed by atoms with Crippen LogP contribution in [0.4, 0.5) is 0 Å². The number of rotatable bonds is 3. The van der Waals surface area contributed by atoms with Crippen molar-refractivity contribution in [3.63, 3.8) is 0 Å². The second-order valence-electron chi connectivity index (χ2n) is 2.99. The molecule has 0 radical (unpaired) electrons. The molecule has 62 valence electrons. The van der Waals surface area contributed by atoms with Gasteiger partial charge in [-0.05, 0) is 6.92 Å². The summed E-state index contributed by atoms with van der Waals surface area (Å²) in [5.41, 5.74) is 0. The molecular formula is C8H14N2O. The molecule has 0 spiro atoms. The Kier molecular flexibility index (Phi) is 2.17. The first-order valence-electron chi connectivity index (χ1n) is 3.76. The zero-order chi connectivity index (χ0) is 8.43. The number of carbonyl (C=O) groups excluding carboxylic acids is 1. The van der Waals surface area contributed by atoms with Gasteiger partial charge in [-0.1, -0.05) is 0 Å². The highest BCUT2D eigenvalue weighted by atomic mass is 16.1. The van der Waals surface area contributed by atoms with Crippen LogP contribution < -0.4 is 0 Å². The van der Waals surface area contributed by atoms with Crippen molar-refractivity contribution in [3.05, 3.63) is 11.9 Å². The lowest BCUT2D eigenvalue weighted by atomic mass is 10.4. The van der Waals surface area contributed by atoms with E-state index in [0.717, 1.165) is 18.9 Å². The van der Waals surface area contributed by atoms with E-state index in [0.29, 0.717) is 0 Å². The number of hydrogen-bond donors (Lipinski definition) is 0. The predicted molar refractivity (Wildman–Crippen MR) is 44.0 cm³/mol. The first-order chi connectivity index (χ1) is 5.11. The van der Waals surface area contributed by atoms with Crippen molar-refractivity contribution in [2.75, 3.05) is 27.2 Å². The van der Waals surface area contributed by atoms with E-state index in [4.69, 9.17) is 0 Å². The molecule has 3 heteroatoms. The van der Waals surface area contributed by atoms with Crippen LogP contribution in [0.2, 0.25) is 0 Å². The van der Waals surface area contributed by atoms with Crippen LogP contribution in [0.3, 0.4) is 0 Å². The average molecular weight is 154 g/mol. The van der Waals surface area contributed by atoms with E-state index >= 15 is 0 Å². The molecule has 0 aromatic heterocycles. The van der Waals surface area contributed by atoms with Crippen molar-refractivity contribution in [1.82, 2.24) is 9.80 Å². The molecular weight excluding hydrogens is 140 g/mol. The van der Waals surface area contributed by atoms with Crippen molar-refractivity contribution in [2.45, 2.75) is 6.92 Å². The summed E-state index contributed by atoms with van der Waals surface area (Å²) in [6.07, 6.45) is 1.67. The molecule has 1 rings (SSSR count). The molecule has 0 aliphatic carbocycles. The van der Waals surface area contributed by atoms with Crippen molar-refractivity contribution < 1.29 is 4.79 Å². The summed E-state index contributed by atoms with van der Waals surface area (Å²) >= 11 is 0. The van der Waals surface area contributed by atoms with Gasteiger partial charge in [0.15, 0.2) is 5.78 Å². The third-order valence-electron chi connectivity index (χ3n) is 1.56. The molecule has 1 heterocycles. The van der Waals surface area contributed by atoms with Gasteiger partial charge >= 0.3 is 0 Å². The van der Waals surface area contributed by atoms with E-state index in [-0.39, 0.29) is 5.78 Å². The summed E-state index contributed by atoms with van der Waals surface area (Å²) in [5, 5.41) is 0. The molecule has 1 aliphatic rings. The molecule has 0 unspecified atom stereocenters. The number of hydrogen-bond acceptors (Lipinski definition) is 3. The largest absolute Gasteiger partial charge is 0.364 e. The maximum absolute atomic E-state index is 10.8. The summed E-state index contributed by atoms with van der Waals surface area (Å²) in [5.74, 6) is 1.14. The third-order valence-corrected chi connectivity index (χ3v) is 1.56. The fourth-order valence-corrected chi connectivity index (χ4v) is 0.964. The molecule has 0 atom stereocenters. The van der Waals surface area contributed by atoms with Gasteiger partial charge in [-0.3, -0.25) is 4.79 Å². The Balaban J connectivity index is 2.65. The van der Waals surface area contributed by atoms with Crippen molar-refractivity contribution in [2.24, 2.45) is 0 Å². The zero-order valence-electron chi connectivity index (χ0n) is 7.29. The van der Waals surface area contributed by atoms with Gasteiger partial charge in [0, 0.05) is 33.3 Å². The van der Waals surface area contributed by atoms with Gasteiger partial charge in [0.1, 0.15) is 5.82 Å². The Labute approximate surface area is 67.3 Å². The minimum Gasteiger partial charge on any atom is -0.364 e. The van der Waals surface area contributed by atoms with E-state index in [2.05, 4.69) is 4.90 Å². The van der Waals surface area contributed by atoms with Crippen LogP contribution in [0.15, 0.2) is 11.9 Å². The van der Waals surface area contributed by atoms with Gasteiger partial charge in [0.25, 0.3) is 0 Å². The summed E-state index contributed by atoms with van der Waals surface area (Å²) in [4.78, 5) is 14.9. The third kappa shape index (κ3) is 2.26. The van der Waals surface area contributed by atoms with E-state index in [1.54, 1.807) is 13.0 Å². The SMILES string of the molecule is CC(=O)/C=C(/N(C)C)N1CC1. The molecule has 0 aromatic rings. The highest BCUT2D eigenvalue weighted by molar-refractivity contribution is 5.87. The van der Waals surface area contributed by atoms with Crippen LogP contribution in [-0.2, 0) is 4.79 Å². The number of nitrogens with zero attached hydrogens (tertiary/aromatic N) is 2. The van der Waals surface area contributed by atoms with E-state index in [1.807, 2.05) is 19.0 Å². The van der Waals surface area contributed by atoms with E-state index in [9.17, 15) is 4.79 Å². The lowest BCUT2D eigenvalue weighted by Gasteiger charge is -2.17. The molecule has 1 aliphatic heterocycles. The first-order valence-corrected chi connectivity index (χ1v) is 3.76. The summed E-state index contributed by atoms with van der Waals surface area (Å²) < 4.78 is 0. The Hall–Kier alpha value is -0.990. The summed E-state index contributed by atoms with van der Waals surface area (Å²) in [6.45, 7) is 3.74. The molecule has 1 saturated heterocycles. The van der Waals surface area contributed by atoms with Gasteiger partial charge in [-0.2, -0.15) is 0 Å². The lowest BCUT2D eigenvalue weighted by molar-refractivity contribution is -0.112. The van der Waals surface area contributed by atoms with Crippen molar-refractivity contribution in [1.29, 1.82) is 0 Å². The van der Waals surface area contributed by atoms with Crippen LogP contribution >= 0.6 is 0 Å². The maximum Gasteiger partial charge on any atom is 0.156 e. The average Bonchev–Trinajstić information content (AvgIpc) is 2.63. The van der Waals surface area contributed by atoms with Crippen LogP contribution in [0.5, 0.6) is 0 Å². The fraction of sp³-hybridized carbons (Fsp3) is 0.625. The van der Waals surface area contributed by atoms with Crippen LogP contribution in [0, 0.1) is 0 Å². The second-order valence-corrected chi connectivity index (χ2v) is 2.99. The molecule has 3 nitrogen and oxygen atoms in total. The minimum absolute atomic E-state index is 0.112. The molecule has 0 aromatic carbocycles. The van der Waals surface area contributed by atoms with Crippen LogP contribution in [0.1, 0.15) is 6.92 Å². The molecule has 0 N–H and O–H groups in total. The number of carbonyl (C=O) groups is 1. The Bertz CT molecular complexity index is 188. The zero-order valence-corrected chi connectivity index (χ0v) is 7.29. The topological polar surface area (TPSA) is 23.3 Å². The van der Waals surface area contributed by atoms with Gasteiger partial charge in [-0.15, -0.1) is 0 Å². The molecule has 11 heavy (non-hydrogen) atoms. The Morgan fingerprint density at radius 3 is 2.27 bits per heavy atom. The minimum atomic E-state index is 0.112. The monoisotopic (exact) mass is 154 g/mol. The van der Waals surface area contributed by atoms with Gasteiger partial charge < -0.3 is 9.80 Å². The van der Waals surface area contributed by atoms with Crippen LogP contribution in [0.25, 0.3) is 0 Å². The van der Waals surface area contributed by atoms with Gasteiger partial charge in [0.05, 0.1) is 0 Å². The number of ketones is 1. The fourth-order valence-electron chi connectivity index (χ4n) is 0.964. The summed E-state index contributed by atoms with van der Waals surface area (Å²) in [7, 11) is 3.90. The van der Waals surface area contributed by atoms with Gasteiger partial charge in [0.2, 0.25) is 0 Å². The number of allylic oxidation sites excluding steroid dienone is 1. The quantitative estimate of drug-likeness (QED) is 0.431. The van der Waals surface area contributed by atoms with Crippen LogP contribution in [-0.4, -0.2) is 42.8 Å². The summed E-state index contributed by atoms with van der Waals surface area (Å²) in [6, 6.07) is 0. The highest BCUT2D eigenvalue weighted by Crippen LogP contribution is 2.15. The normalized spacial score (nSPS) is 16.6. The molecule has 1 fully saturated rings. The lowest BCUT2D eigenvalue weighted by Crippen LogP contribution is -2.18. The maximum atomic E-state index is 10.8. The van der Waals surface area contributed by atoms with Gasteiger partial charge in [-0.25, -0.2) is 0 Å². The second kappa shape index (κ2) is 2.95. The predicted octanol–water partition coefficient (Wildman–Crippen LogP) is 0.294. The molecule has 0 saturated carbocycles. The van der Waals surface area contributed by atoms with Crippen molar-refractivity contribution in [3.8, 4) is 0 Å². The van der Waals surface area contributed by atoms with E-state index in [1.165, 1.54) is 0 Å². The Morgan fingerprint density at radius 1 is 1.45 bits per heavy atom. The van der Waals surface area contributed by atoms with E-state index < -0.39 is 0 Å². The first kappa shape index (κ1) is 8.11. The molecule has 0 bridgehead atoms. The van der Waals surface area contributed by atoms with Crippen molar-refractivity contribution >= 4 is 5.78 Å². The standard InChI is InChI=1S/C8H14N2O/c1-7(11)6-8(9(2)3)10-4-5-10/h6H,4-5H2,1-3H3/b8-6-. The highest BCUT2D eigenvalue weighted by Gasteiger charge is 2.21.